The number of hydrogen-bond acceptors (Lipinski definition) is 2. The third-order valence-corrected chi connectivity index (χ3v) is 5.28. The zero-order valence-corrected chi connectivity index (χ0v) is 11.7. The molecule has 16 heavy (non-hydrogen) atoms. The van der Waals surface area contributed by atoms with Gasteiger partial charge in [-0.25, -0.2) is 0 Å². The molecule has 94 valence electrons. The van der Waals surface area contributed by atoms with Crippen molar-refractivity contribution in [3.05, 3.63) is 0 Å². The fraction of sp³-hybridized carbons (Fsp3) is 1.00. The van der Waals surface area contributed by atoms with E-state index >= 15 is 0 Å². The van der Waals surface area contributed by atoms with Crippen molar-refractivity contribution in [2.24, 2.45) is 17.8 Å². The topological polar surface area (TPSA) is 12.0 Å². The lowest BCUT2D eigenvalue weighted by atomic mass is 10.1. The molecule has 1 nitrogen and oxygen atoms in total. The quantitative estimate of drug-likeness (QED) is 0.620. The van der Waals surface area contributed by atoms with E-state index in [1.165, 1.54) is 50.2 Å². The smallest absolute Gasteiger partial charge is 0.0124 e. The van der Waals surface area contributed by atoms with Crippen LogP contribution in [0.5, 0.6) is 0 Å². The minimum atomic E-state index is 0.893. The Balaban J connectivity index is 1.49. The summed E-state index contributed by atoms with van der Waals surface area (Å²) in [6, 6.07) is 0.893. The Bertz CT molecular complexity index is 187. The summed E-state index contributed by atoms with van der Waals surface area (Å²) in [5.41, 5.74) is 0. The standard InChI is InChI=1S/C14H27NS/c1-3-11(2)10-16-9-8-15-14(12-4-5-12)13-6-7-13/h11-15H,3-10H2,1-2H3. The molecule has 0 aliphatic heterocycles. The monoisotopic (exact) mass is 241 g/mol. The van der Waals surface area contributed by atoms with Gasteiger partial charge < -0.3 is 5.32 Å². The lowest BCUT2D eigenvalue weighted by Crippen LogP contribution is -2.34. The average Bonchev–Trinajstić information content (AvgIpc) is 3.16. The largest absolute Gasteiger partial charge is 0.313 e. The summed E-state index contributed by atoms with van der Waals surface area (Å²) in [6.07, 6.45) is 7.30. The van der Waals surface area contributed by atoms with E-state index in [0.29, 0.717) is 0 Å². The molecule has 0 aromatic rings. The fourth-order valence-corrected chi connectivity index (χ4v) is 3.40. The van der Waals surface area contributed by atoms with Crippen LogP contribution >= 0.6 is 11.8 Å². The molecule has 0 spiro atoms. The van der Waals surface area contributed by atoms with E-state index in [9.17, 15) is 0 Å². The first-order valence-corrected chi connectivity index (χ1v) is 8.27. The molecule has 2 saturated carbocycles. The second-order valence-corrected chi connectivity index (χ2v) is 6.89. The van der Waals surface area contributed by atoms with Crippen LogP contribution in [-0.4, -0.2) is 24.1 Å². The highest BCUT2D eigenvalue weighted by Gasteiger charge is 2.40. The minimum Gasteiger partial charge on any atom is -0.313 e. The number of thioether (sulfide) groups is 1. The van der Waals surface area contributed by atoms with Crippen molar-refractivity contribution in [1.29, 1.82) is 0 Å². The Kier molecular flexibility index (Phi) is 5.02. The van der Waals surface area contributed by atoms with Crippen LogP contribution in [0.4, 0.5) is 0 Å². The van der Waals surface area contributed by atoms with Crippen molar-refractivity contribution < 1.29 is 0 Å². The Morgan fingerprint density at radius 1 is 1.19 bits per heavy atom. The normalized spacial score (nSPS) is 22.7. The van der Waals surface area contributed by atoms with E-state index in [0.717, 1.165) is 23.8 Å². The van der Waals surface area contributed by atoms with Crippen LogP contribution in [0.25, 0.3) is 0 Å². The Hall–Kier alpha value is 0.310. The number of nitrogens with one attached hydrogen (secondary N) is 1. The van der Waals surface area contributed by atoms with E-state index in [4.69, 9.17) is 0 Å². The summed E-state index contributed by atoms with van der Waals surface area (Å²) in [4.78, 5) is 0. The van der Waals surface area contributed by atoms with Crippen molar-refractivity contribution in [2.75, 3.05) is 18.1 Å². The van der Waals surface area contributed by atoms with Crippen LogP contribution in [0.1, 0.15) is 46.0 Å². The number of rotatable bonds is 9. The summed E-state index contributed by atoms with van der Waals surface area (Å²) < 4.78 is 0. The lowest BCUT2D eigenvalue weighted by molar-refractivity contribution is 0.429. The van der Waals surface area contributed by atoms with Crippen LogP contribution in [-0.2, 0) is 0 Å². The maximum absolute atomic E-state index is 3.81. The molecular weight excluding hydrogens is 214 g/mol. The van der Waals surface area contributed by atoms with Crippen LogP contribution < -0.4 is 5.32 Å². The van der Waals surface area contributed by atoms with Gasteiger partial charge in [0.2, 0.25) is 0 Å². The molecule has 0 aromatic carbocycles. The zero-order valence-electron chi connectivity index (χ0n) is 10.9. The molecule has 2 aliphatic rings. The summed E-state index contributed by atoms with van der Waals surface area (Å²) in [7, 11) is 0. The van der Waals surface area contributed by atoms with Crippen molar-refractivity contribution in [1.82, 2.24) is 5.32 Å². The van der Waals surface area contributed by atoms with E-state index in [1.807, 2.05) is 0 Å². The third kappa shape index (κ3) is 4.29. The predicted octanol–water partition coefficient (Wildman–Crippen LogP) is 3.54. The van der Waals surface area contributed by atoms with E-state index in [-0.39, 0.29) is 0 Å². The molecule has 2 heteroatoms. The van der Waals surface area contributed by atoms with Crippen LogP contribution in [0.15, 0.2) is 0 Å². The first-order valence-electron chi connectivity index (χ1n) is 7.12. The van der Waals surface area contributed by atoms with Crippen LogP contribution in [0.3, 0.4) is 0 Å². The minimum absolute atomic E-state index is 0.893. The van der Waals surface area contributed by atoms with Crippen molar-refractivity contribution in [2.45, 2.75) is 52.0 Å². The highest BCUT2D eigenvalue weighted by atomic mass is 32.2. The molecule has 1 unspecified atom stereocenters. The fourth-order valence-electron chi connectivity index (χ4n) is 2.33. The molecule has 0 aromatic heterocycles. The van der Waals surface area contributed by atoms with E-state index in [2.05, 4.69) is 30.9 Å². The molecule has 2 fully saturated rings. The zero-order chi connectivity index (χ0) is 11.4. The highest BCUT2D eigenvalue weighted by molar-refractivity contribution is 7.99. The van der Waals surface area contributed by atoms with Gasteiger partial charge in [-0.3, -0.25) is 0 Å². The van der Waals surface area contributed by atoms with Crippen LogP contribution in [0.2, 0.25) is 0 Å². The maximum atomic E-state index is 3.81. The predicted molar refractivity (Wildman–Crippen MR) is 74.0 cm³/mol. The van der Waals surface area contributed by atoms with Crippen molar-refractivity contribution in [3.8, 4) is 0 Å². The molecule has 0 radical (unpaired) electrons. The third-order valence-electron chi connectivity index (χ3n) is 3.99. The molecule has 0 bridgehead atoms. The molecule has 1 atom stereocenters. The van der Waals surface area contributed by atoms with Crippen molar-refractivity contribution >= 4 is 11.8 Å². The van der Waals surface area contributed by atoms with Gasteiger partial charge in [0.15, 0.2) is 0 Å². The van der Waals surface area contributed by atoms with Gasteiger partial charge in [0.25, 0.3) is 0 Å². The molecule has 2 rings (SSSR count). The second-order valence-electron chi connectivity index (χ2n) is 5.74. The van der Waals surface area contributed by atoms with Gasteiger partial charge in [-0.1, -0.05) is 20.3 Å². The van der Waals surface area contributed by atoms with Gasteiger partial charge in [-0.2, -0.15) is 11.8 Å². The van der Waals surface area contributed by atoms with Gasteiger partial charge in [0.1, 0.15) is 0 Å². The van der Waals surface area contributed by atoms with E-state index < -0.39 is 0 Å². The van der Waals surface area contributed by atoms with Crippen molar-refractivity contribution in [3.63, 3.8) is 0 Å². The molecule has 0 heterocycles. The van der Waals surface area contributed by atoms with E-state index in [1.54, 1.807) is 0 Å². The Morgan fingerprint density at radius 2 is 1.81 bits per heavy atom. The Labute approximate surface area is 105 Å². The molecule has 0 saturated heterocycles. The van der Waals surface area contributed by atoms with Gasteiger partial charge in [0, 0.05) is 18.3 Å². The molecule has 1 N–H and O–H groups in total. The average molecular weight is 241 g/mol. The van der Waals surface area contributed by atoms with Crippen LogP contribution in [0, 0.1) is 17.8 Å². The summed E-state index contributed by atoms with van der Waals surface area (Å²) in [5, 5.41) is 3.81. The summed E-state index contributed by atoms with van der Waals surface area (Å²) >= 11 is 2.13. The maximum Gasteiger partial charge on any atom is 0.0124 e. The highest BCUT2D eigenvalue weighted by Crippen LogP contribution is 2.44. The SMILES string of the molecule is CCC(C)CSCCNC(C1CC1)C1CC1. The lowest BCUT2D eigenvalue weighted by Gasteiger charge is -2.17. The second kappa shape index (κ2) is 6.30. The first-order chi connectivity index (χ1) is 7.81. The van der Waals surface area contributed by atoms with Gasteiger partial charge >= 0.3 is 0 Å². The summed E-state index contributed by atoms with van der Waals surface area (Å²) in [5.74, 6) is 5.64. The molecule has 0 amide bonds. The Morgan fingerprint density at radius 3 is 2.31 bits per heavy atom. The molecular formula is C14H27NS. The molecule has 2 aliphatic carbocycles. The van der Waals surface area contributed by atoms with Gasteiger partial charge in [-0.05, 0) is 49.2 Å². The number of hydrogen-bond donors (Lipinski definition) is 1. The summed E-state index contributed by atoms with van der Waals surface area (Å²) in [6.45, 7) is 5.89. The first kappa shape index (κ1) is 12.8. The van der Waals surface area contributed by atoms with Gasteiger partial charge in [-0.15, -0.1) is 0 Å². The van der Waals surface area contributed by atoms with Gasteiger partial charge in [0.05, 0.1) is 0 Å².